The Morgan fingerprint density at radius 1 is 1.20 bits per heavy atom. The highest BCUT2D eigenvalue weighted by atomic mass is 16.5. The number of aromatic nitrogens is 4. The van der Waals surface area contributed by atoms with Crippen LogP contribution in [0.3, 0.4) is 0 Å². The molecule has 2 heterocycles. The number of hydrogen-bond acceptors (Lipinski definition) is 6. The third-order valence-electron chi connectivity index (χ3n) is 4.55. The Labute approximate surface area is 177 Å². The van der Waals surface area contributed by atoms with Crippen molar-refractivity contribution in [1.82, 2.24) is 30.0 Å². The van der Waals surface area contributed by atoms with Crippen molar-refractivity contribution in [3.05, 3.63) is 42.4 Å². The van der Waals surface area contributed by atoms with Gasteiger partial charge in [0.25, 0.3) is 0 Å². The maximum atomic E-state index is 5.51. The summed E-state index contributed by atoms with van der Waals surface area (Å²) in [6, 6.07) is 8.17. The van der Waals surface area contributed by atoms with Crippen molar-refractivity contribution in [3.63, 3.8) is 0 Å². The second kappa shape index (κ2) is 10.4. The Morgan fingerprint density at radius 3 is 2.73 bits per heavy atom. The van der Waals surface area contributed by atoms with Crippen LogP contribution in [0.15, 0.2) is 41.8 Å². The number of rotatable bonds is 9. The Kier molecular flexibility index (Phi) is 7.42. The Hall–Kier alpha value is -3.36. The summed E-state index contributed by atoms with van der Waals surface area (Å²) in [7, 11) is 3.90. The molecule has 0 aliphatic carbocycles. The van der Waals surface area contributed by atoms with Gasteiger partial charge in [-0.15, -0.1) is 0 Å². The highest BCUT2D eigenvalue weighted by molar-refractivity contribution is 5.86. The number of fused-ring (bicyclic) bond motifs is 1. The molecule has 1 aromatic carbocycles. The summed E-state index contributed by atoms with van der Waals surface area (Å²) >= 11 is 0. The average Bonchev–Trinajstić information content (AvgIpc) is 3.13. The van der Waals surface area contributed by atoms with Crippen LogP contribution in [0.25, 0.3) is 11.0 Å². The molecule has 3 aromatic rings. The lowest BCUT2D eigenvalue weighted by atomic mass is 10.2. The Morgan fingerprint density at radius 2 is 2.00 bits per heavy atom. The van der Waals surface area contributed by atoms with Gasteiger partial charge in [0.2, 0.25) is 0 Å². The summed E-state index contributed by atoms with van der Waals surface area (Å²) in [4.78, 5) is 15.4. The van der Waals surface area contributed by atoms with Gasteiger partial charge in [0, 0.05) is 33.7 Å². The van der Waals surface area contributed by atoms with Crippen LogP contribution < -0.4 is 15.4 Å². The van der Waals surface area contributed by atoms with Crippen molar-refractivity contribution in [1.29, 1.82) is 0 Å². The largest absolute Gasteiger partial charge is 0.494 e. The molecule has 30 heavy (non-hydrogen) atoms. The van der Waals surface area contributed by atoms with Crippen molar-refractivity contribution >= 4 is 22.8 Å². The molecular formula is C21H30N8O. The molecule has 9 nitrogen and oxygen atoms in total. The number of aryl methyl sites for hydroxylation is 1. The quantitative estimate of drug-likeness (QED) is 0.318. The summed E-state index contributed by atoms with van der Waals surface area (Å²) in [5.41, 5.74) is 2.00. The van der Waals surface area contributed by atoms with E-state index in [-0.39, 0.29) is 0 Å². The zero-order valence-electron chi connectivity index (χ0n) is 18.1. The van der Waals surface area contributed by atoms with Crippen molar-refractivity contribution in [2.75, 3.05) is 38.6 Å². The predicted octanol–water partition coefficient (Wildman–Crippen LogP) is 2.27. The predicted molar refractivity (Wildman–Crippen MR) is 120 cm³/mol. The van der Waals surface area contributed by atoms with E-state index < -0.39 is 0 Å². The lowest BCUT2D eigenvalue weighted by Crippen LogP contribution is -2.38. The van der Waals surface area contributed by atoms with Crippen LogP contribution in [-0.2, 0) is 13.6 Å². The van der Waals surface area contributed by atoms with Gasteiger partial charge in [-0.05, 0) is 31.5 Å². The molecular weight excluding hydrogens is 380 g/mol. The standard InChI is InChI=1S/C21H30N8O/c1-5-22-21(28(3)14-16-7-9-17(10-8-16)30-6-2)24-12-11-23-19-18-13-27-29(4)20(18)26-15-25-19/h7-10,13,15H,5-6,11-12,14H2,1-4H3,(H,22,24)(H,23,25,26). The van der Waals surface area contributed by atoms with Crippen LogP contribution in [0, 0.1) is 0 Å². The van der Waals surface area contributed by atoms with Gasteiger partial charge < -0.3 is 20.3 Å². The molecule has 2 aromatic heterocycles. The maximum absolute atomic E-state index is 5.51. The highest BCUT2D eigenvalue weighted by Gasteiger charge is 2.08. The van der Waals surface area contributed by atoms with Crippen LogP contribution in [0.4, 0.5) is 5.82 Å². The molecule has 0 fully saturated rings. The SMILES string of the molecule is CCNC(=NCCNc1ncnc2c1cnn2C)N(C)Cc1ccc(OCC)cc1. The fourth-order valence-corrected chi connectivity index (χ4v) is 3.12. The fraction of sp³-hybridized carbons (Fsp3) is 0.429. The molecule has 0 bridgehead atoms. The highest BCUT2D eigenvalue weighted by Crippen LogP contribution is 2.17. The van der Waals surface area contributed by atoms with E-state index in [1.807, 2.05) is 33.2 Å². The summed E-state index contributed by atoms with van der Waals surface area (Å²) in [5, 5.41) is 11.8. The molecule has 0 spiro atoms. The lowest BCUT2D eigenvalue weighted by molar-refractivity contribution is 0.340. The van der Waals surface area contributed by atoms with Crippen LogP contribution >= 0.6 is 0 Å². The number of ether oxygens (including phenoxy) is 1. The van der Waals surface area contributed by atoms with E-state index in [0.29, 0.717) is 19.7 Å². The zero-order valence-corrected chi connectivity index (χ0v) is 18.1. The third kappa shape index (κ3) is 5.37. The van der Waals surface area contributed by atoms with Gasteiger partial charge >= 0.3 is 0 Å². The van der Waals surface area contributed by atoms with Gasteiger partial charge in [0.05, 0.1) is 24.7 Å². The van der Waals surface area contributed by atoms with Gasteiger partial charge in [-0.1, -0.05) is 12.1 Å². The molecule has 0 aliphatic rings. The molecule has 2 N–H and O–H groups in total. The first-order valence-electron chi connectivity index (χ1n) is 10.2. The molecule has 160 valence electrons. The average molecular weight is 411 g/mol. The lowest BCUT2D eigenvalue weighted by Gasteiger charge is -2.22. The normalized spacial score (nSPS) is 11.5. The summed E-state index contributed by atoms with van der Waals surface area (Å²) in [6.07, 6.45) is 3.32. The van der Waals surface area contributed by atoms with E-state index in [1.54, 1.807) is 17.2 Å². The molecule has 3 rings (SSSR count). The van der Waals surface area contributed by atoms with E-state index in [9.17, 15) is 0 Å². The Balaban J connectivity index is 1.57. The van der Waals surface area contributed by atoms with Gasteiger partial charge in [-0.2, -0.15) is 5.10 Å². The number of nitrogens with one attached hydrogen (secondary N) is 2. The van der Waals surface area contributed by atoms with Gasteiger partial charge in [-0.25, -0.2) is 9.97 Å². The minimum atomic E-state index is 0.613. The topological polar surface area (TPSA) is 92.5 Å². The second-order valence-corrected chi connectivity index (χ2v) is 6.82. The van der Waals surface area contributed by atoms with Gasteiger partial charge in [-0.3, -0.25) is 9.67 Å². The van der Waals surface area contributed by atoms with Crippen molar-refractivity contribution in [2.24, 2.45) is 12.0 Å². The molecule has 9 heteroatoms. The number of aliphatic imine (C=N–C) groups is 1. The van der Waals surface area contributed by atoms with Crippen molar-refractivity contribution < 1.29 is 4.74 Å². The molecule has 0 saturated carbocycles. The van der Waals surface area contributed by atoms with E-state index >= 15 is 0 Å². The molecule has 0 atom stereocenters. The number of guanidine groups is 1. The summed E-state index contributed by atoms with van der Waals surface area (Å²) in [5.74, 6) is 2.53. The third-order valence-corrected chi connectivity index (χ3v) is 4.55. The van der Waals surface area contributed by atoms with Crippen LogP contribution in [0.1, 0.15) is 19.4 Å². The van der Waals surface area contributed by atoms with Crippen molar-refractivity contribution in [3.8, 4) is 5.75 Å². The first-order chi connectivity index (χ1) is 14.6. The maximum Gasteiger partial charge on any atom is 0.194 e. The van der Waals surface area contributed by atoms with Crippen LogP contribution in [0.2, 0.25) is 0 Å². The van der Waals surface area contributed by atoms with Gasteiger partial charge in [0.1, 0.15) is 17.9 Å². The number of nitrogens with zero attached hydrogens (tertiary/aromatic N) is 6. The minimum Gasteiger partial charge on any atom is -0.494 e. The monoisotopic (exact) mass is 410 g/mol. The minimum absolute atomic E-state index is 0.613. The summed E-state index contributed by atoms with van der Waals surface area (Å²) in [6.45, 7) is 7.56. The second-order valence-electron chi connectivity index (χ2n) is 6.82. The van der Waals surface area contributed by atoms with Crippen molar-refractivity contribution in [2.45, 2.75) is 20.4 Å². The Bertz CT molecular complexity index is 967. The van der Waals surface area contributed by atoms with E-state index in [2.05, 4.69) is 49.7 Å². The molecule has 0 amide bonds. The molecule has 0 saturated heterocycles. The number of benzene rings is 1. The van der Waals surface area contributed by atoms with Crippen LogP contribution in [-0.4, -0.2) is 63.9 Å². The fourth-order valence-electron chi connectivity index (χ4n) is 3.12. The zero-order chi connectivity index (χ0) is 21.3. The summed E-state index contributed by atoms with van der Waals surface area (Å²) < 4.78 is 7.25. The smallest absolute Gasteiger partial charge is 0.194 e. The first-order valence-corrected chi connectivity index (χ1v) is 10.2. The first kappa shape index (κ1) is 21.4. The number of anilines is 1. The molecule has 0 unspecified atom stereocenters. The van der Waals surface area contributed by atoms with E-state index in [0.717, 1.165) is 41.6 Å². The molecule has 0 radical (unpaired) electrons. The van der Waals surface area contributed by atoms with Gasteiger partial charge in [0.15, 0.2) is 11.6 Å². The van der Waals surface area contributed by atoms with Crippen LogP contribution in [0.5, 0.6) is 5.75 Å². The molecule has 0 aliphatic heterocycles. The van der Waals surface area contributed by atoms with E-state index in [1.165, 1.54) is 5.56 Å². The number of hydrogen-bond donors (Lipinski definition) is 2. The van der Waals surface area contributed by atoms with E-state index in [4.69, 9.17) is 9.73 Å².